The SMILES string of the molecule is Cc1cccc(C)c1NC(=O)[C@]1(C)CCCC2(C)C3=C(CCC21)CC(C(C)C)CC3. The molecule has 1 aromatic rings. The maximum atomic E-state index is 13.8. The summed E-state index contributed by atoms with van der Waals surface area (Å²) in [5, 5.41) is 3.38. The fourth-order valence-corrected chi connectivity index (χ4v) is 7.29. The van der Waals surface area contributed by atoms with E-state index in [9.17, 15) is 4.79 Å². The van der Waals surface area contributed by atoms with Crippen LogP contribution in [0.3, 0.4) is 0 Å². The lowest BCUT2D eigenvalue weighted by Crippen LogP contribution is -2.52. The zero-order valence-corrected chi connectivity index (χ0v) is 20.0. The summed E-state index contributed by atoms with van der Waals surface area (Å²) in [6, 6.07) is 6.27. The molecule has 1 aromatic carbocycles. The van der Waals surface area contributed by atoms with E-state index in [0.717, 1.165) is 41.5 Å². The number of benzene rings is 1. The molecule has 0 spiro atoms. The number of para-hydroxylation sites is 1. The number of fused-ring (bicyclic) bond motifs is 2. The lowest BCUT2D eigenvalue weighted by Gasteiger charge is -2.56. The van der Waals surface area contributed by atoms with Crippen molar-refractivity contribution < 1.29 is 4.79 Å². The van der Waals surface area contributed by atoms with Crippen LogP contribution in [-0.4, -0.2) is 5.91 Å². The molecule has 1 fully saturated rings. The third-order valence-electron chi connectivity index (χ3n) is 9.24. The highest BCUT2D eigenvalue weighted by molar-refractivity contribution is 5.96. The number of allylic oxidation sites excluding steroid dienone is 2. The van der Waals surface area contributed by atoms with E-state index in [1.165, 1.54) is 38.5 Å². The Bertz CT molecular complexity index is 845. The Balaban J connectivity index is 1.63. The maximum Gasteiger partial charge on any atom is 0.230 e. The fourth-order valence-electron chi connectivity index (χ4n) is 7.29. The summed E-state index contributed by atoms with van der Waals surface area (Å²) in [5.41, 5.74) is 6.77. The van der Waals surface area contributed by atoms with Crippen LogP contribution < -0.4 is 5.32 Å². The first-order valence-corrected chi connectivity index (χ1v) is 12.3. The van der Waals surface area contributed by atoms with Crippen LogP contribution in [0.1, 0.15) is 90.2 Å². The molecule has 3 aliphatic rings. The lowest BCUT2D eigenvalue weighted by molar-refractivity contribution is -0.135. The molecule has 0 heterocycles. The second-order valence-corrected chi connectivity index (χ2v) is 11.3. The molecule has 4 atom stereocenters. The number of hydrogen-bond donors (Lipinski definition) is 1. The summed E-state index contributed by atoms with van der Waals surface area (Å²) in [6.45, 7) is 13.7. The minimum absolute atomic E-state index is 0.209. The number of hydrogen-bond acceptors (Lipinski definition) is 1. The monoisotopic (exact) mass is 407 g/mol. The van der Waals surface area contributed by atoms with Crippen molar-refractivity contribution >= 4 is 11.6 Å². The normalized spacial score (nSPS) is 33.8. The number of carbonyl (C=O) groups excluding carboxylic acids is 1. The van der Waals surface area contributed by atoms with Crippen molar-refractivity contribution in [3.05, 3.63) is 40.5 Å². The number of nitrogens with one attached hydrogen (secondary N) is 1. The Morgan fingerprint density at radius 2 is 1.77 bits per heavy atom. The van der Waals surface area contributed by atoms with Crippen LogP contribution in [0.2, 0.25) is 0 Å². The van der Waals surface area contributed by atoms with E-state index in [-0.39, 0.29) is 16.7 Å². The van der Waals surface area contributed by atoms with Crippen LogP contribution in [0.5, 0.6) is 0 Å². The third-order valence-corrected chi connectivity index (χ3v) is 9.24. The first-order valence-electron chi connectivity index (χ1n) is 12.3. The number of carbonyl (C=O) groups is 1. The Morgan fingerprint density at radius 1 is 1.07 bits per heavy atom. The molecule has 0 saturated heterocycles. The van der Waals surface area contributed by atoms with Gasteiger partial charge in [-0.25, -0.2) is 0 Å². The third kappa shape index (κ3) is 3.45. The van der Waals surface area contributed by atoms with E-state index in [0.29, 0.717) is 5.92 Å². The zero-order valence-electron chi connectivity index (χ0n) is 20.0. The molecule has 0 bridgehead atoms. The first kappa shape index (κ1) is 21.7. The predicted molar refractivity (Wildman–Crippen MR) is 127 cm³/mol. The highest BCUT2D eigenvalue weighted by Gasteiger charge is 2.56. The molecule has 3 aliphatic carbocycles. The van der Waals surface area contributed by atoms with Gasteiger partial charge in [0.05, 0.1) is 5.41 Å². The summed E-state index contributed by atoms with van der Waals surface area (Å²) in [7, 11) is 0. The first-order chi connectivity index (χ1) is 14.2. The van der Waals surface area contributed by atoms with Crippen LogP contribution in [0.4, 0.5) is 5.69 Å². The molecule has 0 aliphatic heterocycles. The number of aryl methyl sites for hydroxylation is 2. The lowest BCUT2D eigenvalue weighted by atomic mass is 9.48. The van der Waals surface area contributed by atoms with Crippen molar-refractivity contribution in [3.63, 3.8) is 0 Å². The summed E-state index contributed by atoms with van der Waals surface area (Å²) in [6.07, 6.45) is 9.73. The second-order valence-electron chi connectivity index (χ2n) is 11.3. The summed E-state index contributed by atoms with van der Waals surface area (Å²) >= 11 is 0. The van der Waals surface area contributed by atoms with Crippen LogP contribution in [0.25, 0.3) is 0 Å². The number of rotatable bonds is 3. The largest absolute Gasteiger partial charge is 0.325 e. The molecule has 0 aromatic heterocycles. The van der Waals surface area contributed by atoms with Crippen LogP contribution in [-0.2, 0) is 4.79 Å². The van der Waals surface area contributed by atoms with Gasteiger partial charge in [0, 0.05) is 5.69 Å². The van der Waals surface area contributed by atoms with E-state index in [1.54, 1.807) is 11.1 Å². The maximum absolute atomic E-state index is 13.8. The van der Waals surface area contributed by atoms with Gasteiger partial charge in [-0.05, 0) is 93.1 Å². The molecule has 164 valence electrons. The van der Waals surface area contributed by atoms with Crippen molar-refractivity contribution in [2.75, 3.05) is 5.32 Å². The summed E-state index contributed by atoms with van der Waals surface area (Å²) in [4.78, 5) is 13.8. The summed E-state index contributed by atoms with van der Waals surface area (Å²) in [5.74, 6) is 2.34. The van der Waals surface area contributed by atoms with E-state index in [1.807, 2.05) is 0 Å². The van der Waals surface area contributed by atoms with Gasteiger partial charge in [0.25, 0.3) is 0 Å². The Labute approximate surface area is 183 Å². The Hall–Kier alpha value is -1.57. The van der Waals surface area contributed by atoms with E-state index < -0.39 is 0 Å². The van der Waals surface area contributed by atoms with Crippen LogP contribution in [0.15, 0.2) is 29.3 Å². The topological polar surface area (TPSA) is 29.1 Å². The molecule has 1 amide bonds. The molecule has 3 unspecified atom stereocenters. The van der Waals surface area contributed by atoms with Gasteiger partial charge in [-0.15, -0.1) is 0 Å². The van der Waals surface area contributed by atoms with Gasteiger partial charge in [-0.2, -0.15) is 0 Å². The van der Waals surface area contributed by atoms with Crippen LogP contribution in [0, 0.1) is 42.4 Å². The molecule has 2 heteroatoms. The van der Waals surface area contributed by atoms with Crippen molar-refractivity contribution in [2.45, 2.75) is 92.9 Å². The Morgan fingerprint density at radius 3 is 2.43 bits per heavy atom. The van der Waals surface area contributed by atoms with Crippen molar-refractivity contribution in [1.29, 1.82) is 0 Å². The van der Waals surface area contributed by atoms with Gasteiger partial charge >= 0.3 is 0 Å². The van der Waals surface area contributed by atoms with Crippen LogP contribution >= 0.6 is 0 Å². The van der Waals surface area contributed by atoms with Gasteiger partial charge in [-0.1, -0.05) is 63.5 Å². The molecular weight excluding hydrogens is 366 g/mol. The molecule has 30 heavy (non-hydrogen) atoms. The van der Waals surface area contributed by atoms with E-state index in [2.05, 4.69) is 65.1 Å². The molecule has 1 saturated carbocycles. The highest BCUT2D eigenvalue weighted by atomic mass is 16.2. The zero-order chi connectivity index (χ0) is 21.7. The second kappa shape index (κ2) is 7.84. The van der Waals surface area contributed by atoms with Crippen molar-refractivity contribution in [2.24, 2.45) is 28.6 Å². The van der Waals surface area contributed by atoms with Gasteiger partial charge in [0.1, 0.15) is 0 Å². The average molecular weight is 408 g/mol. The van der Waals surface area contributed by atoms with E-state index >= 15 is 0 Å². The van der Waals surface area contributed by atoms with Crippen molar-refractivity contribution in [3.8, 4) is 0 Å². The smallest absolute Gasteiger partial charge is 0.230 e. The molecular formula is C28H41NO. The molecule has 2 nitrogen and oxygen atoms in total. The number of anilines is 1. The minimum atomic E-state index is -0.283. The molecule has 0 radical (unpaired) electrons. The number of amides is 1. The fraction of sp³-hybridized carbons (Fsp3) is 0.679. The average Bonchev–Trinajstić information content (AvgIpc) is 2.70. The minimum Gasteiger partial charge on any atom is -0.325 e. The van der Waals surface area contributed by atoms with Gasteiger partial charge in [0.15, 0.2) is 0 Å². The van der Waals surface area contributed by atoms with Gasteiger partial charge < -0.3 is 5.32 Å². The molecule has 4 rings (SSSR count). The Kier molecular flexibility index (Phi) is 5.66. The quantitative estimate of drug-likeness (QED) is 0.513. The van der Waals surface area contributed by atoms with E-state index in [4.69, 9.17) is 0 Å². The molecule has 1 N–H and O–H groups in total. The predicted octanol–water partition coefficient (Wildman–Crippen LogP) is 7.60. The van der Waals surface area contributed by atoms with Gasteiger partial charge in [0.2, 0.25) is 5.91 Å². The van der Waals surface area contributed by atoms with Crippen molar-refractivity contribution in [1.82, 2.24) is 0 Å². The highest BCUT2D eigenvalue weighted by Crippen LogP contribution is 2.62. The standard InChI is InChI=1S/C28H41NO/c1-18(2)21-11-13-23-22(17-21)12-14-24-27(23,5)15-8-16-28(24,6)26(30)29-25-19(3)9-7-10-20(25)4/h7,9-10,18,21,24H,8,11-17H2,1-6H3,(H,29,30)/t21?,24?,27?,28-/m1/s1. The van der Waals surface area contributed by atoms with Gasteiger partial charge in [-0.3, -0.25) is 4.79 Å². The summed E-state index contributed by atoms with van der Waals surface area (Å²) < 4.78 is 0.